The normalized spacial score (nSPS) is 10.1. The van der Waals surface area contributed by atoms with E-state index in [4.69, 9.17) is 18.0 Å². The fourth-order valence-electron chi connectivity index (χ4n) is 1.58. The van der Waals surface area contributed by atoms with E-state index in [1.165, 1.54) is 23.1 Å². The molecule has 0 spiro atoms. The van der Waals surface area contributed by atoms with Crippen LogP contribution in [0.1, 0.15) is 23.7 Å². The second-order valence-electron chi connectivity index (χ2n) is 3.89. The summed E-state index contributed by atoms with van der Waals surface area (Å²) >= 11 is 4.79. The summed E-state index contributed by atoms with van der Waals surface area (Å²) in [4.78, 5) is 13.8. The Labute approximate surface area is 111 Å². The summed E-state index contributed by atoms with van der Waals surface area (Å²) in [6, 6.07) is 3.80. The number of hydrogen-bond acceptors (Lipinski definition) is 4. The molecule has 0 aromatic heterocycles. The number of carbonyl (C=O) groups excluding carboxylic acids is 1. The smallest absolute Gasteiger partial charge is 0.258 e. The van der Waals surface area contributed by atoms with Crippen LogP contribution < -0.4 is 5.73 Å². The lowest BCUT2D eigenvalue weighted by atomic mass is 10.1. The average molecular weight is 268 g/mol. The number of phenols is 2. The number of carbonyl (C=O) groups is 1. The zero-order valence-corrected chi connectivity index (χ0v) is 10.9. The first-order valence-electron chi connectivity index (χ1n) is 5.55. The van der Waals surface area contributed by atoms with Gasteiger partial charge in [0.05, 0.1) is 17.1 Å². The molecule has 5 nitrogen and oxygen atoms in total. The van der Waals surface area contributed by atoms with Crippen LogP contribution in [0.25, 0.3) is 0 Å². The van der Waals surface area contributed by atoms with Gasteiger partial charge in [0, 0.05) is 6.54 Å². The number of aromatic hydroxyl groups is 2. The molecule has 98 valence electrons. The van der Waals surface area contributed by atoms with Crippen LogP contribution >= 0.6 is 12.2 Å². The third-order valence-corrected chi connectivity index (χ3v) is 2.47. The second kappa shape index (κ2) is 6.20. The Morgan fingerprint density at radius 2 is 2.11 bits per heavy atom. The third-order valence-electron chi connectivity index (χ3n) is 2.34. The Bertz CT molecular complexity index is 463. The van der Waals surface area contributed by atoms with Crippen LogP contribution in [0, 0.1) is 0 Å². The predicted octanol–water partition coefficient (Wildman–Crippen LogP) is 1.24. The van der Waals surface area contributed by atoms with E-state index in [0.717, 1.165) is 6.42 Å². The Morgan fingerprint density at radius 3 is 2.67 bits per heavy atom. The molecule has 6 heteroatoms. The summed E-state index contributed by atoms with van der Waals surface area (Å²) in [7, 11) is 0. The molecule has 0 fully saturated rings. The number of phenolic OH excluding ortho intramolecular Hbond substituents is 2. The number of thiocarbonyl (C=S) groups is 1. The first kappa shape index (κ1) is 14.2. The third kappa shape index (κ3) is 3.59. The van der Waals surface area contributed by atoms with Crippen LogP contribution in [0.5, 0.6) is 11.5 Å². The van der Waals surface area contributed by atoms with Gasteiger partial charge in [-0.05, 0) is 24.6 Å². The minimum atomic E-state index is -0.405. The standard InChI is InChI=1S/C12H16N2O3S/c1-2-5-14(7-11(13)18)12(17)9-6-8(15)3-4-10(9)16/h3-4,6,15-16H,2,5,7H2,1H3,(H2,13,18). The van der Waals surface area contributed by atoms with Crippen LogP contribution in [0.2, 0.25) is 0 Å². The van der Waals surface area contributed by atoms with Gasteiger partial charge in [-0.25, -0.2) is 0 Å². The van der Waals surface area contributed by atoms with Crippen molar-refractivity contribution in [3.05, 3.63) is 23.8 Å². The number of amides is 1. The molecule has 0 radical (unpaired) electrons. The minimum Gasteiger partial charge on any atom is -0.508 e. The molecule has 0 aliphatic rings. The van der Waals surface area contributed by atoms with Crippen LogP contribution in [0.3, 0.4) is 0 Å². The number of benzene rings is 1. The minimum absolute atomic E-state index is 0.0414. The quantitative estimate of drug-likeness (QED) is 0.552. The topological polar surface area (TPSA) is 86.8 Å². The number of hydrogen-bond donors (Lipinski definition) is 3. The van der Waals surface area contributed by atoms with Crippen molar-refractivity contribution >= 4 is 23.1 Å². The van der Waals surface area contributed by atoms with Crippen LogP contribution in [0.4, 0.5) is 0 Å². The van der Waals surface area contributed by atoms with Gasteiger partial charge in [0.25, 0.3) is 5.91 Å². The van der Waals surface area contributed by atoms with E-state index in [-0.39, 0.29) is 28.6 Å². The number of nitrogens with zero attached hydrogens (tertiary/aromatic N) is 1. The molecule has 1 aromatic carbocycles. The summed E-state index contributed by atoms with van der Waals surface area (Å²) in [6.07, 6.45) is 0.744. The molecule has 0 aliphatic carbocycles. The van der Waals surface area contributed by atoms with Gasteiger partial charge in [-0.3, -0.25) is 4.79 Å². The zero-order valence-electron chi connectivity index (χ0n) is 10.1. The van der Waals surface area contributed by atoms with E-state index in [1.54, 1.807) is 0 Å². The van der Waals surface area contributed by atoms with Crippen LogP contribution in [0.15, 0.2) is 18.2 Å². The van der Waals surface area contributed by atoms with Crippen molar-refractivity contribution in [2.75, 3.05) is 13.1 Å². The maximum atomic E-state index is 12.2. The fraction of sp³-hybridized carbons (Fsp3) is 0.333. The van der Waals surface area contributed by atoms with Gasteiger partial charge < -0.3 is 20.8 Å². The highest BCUT2D eigenvalue weighted by Crippen LogP contribution is 2.23. The van der Waals surface area contributed by atoms with Gasteiger partial charge >= 0.3 is 0 Å². The summed E-state index contributed by atoms with van der Waals surface area (Å²) in [5.74, 6) is -0.664. The zero-order chi connectivity index (χ0) is 13.7. The Hall–Kier alpha value is -1.82. The van der Waals surface area contributed by atoms with E-state index in [1.807, 2.05) is 6.92 Å². The maximum absolute atomic E-state index is 12.2. The molecule has 0 saturated carbocycles. The summed E-state index contributed by atoms with van der Waals surface area (Å²) in [6.45, 7) is 2.55. The molecule has 18 heavy (non-hydrogen) atoms. The fourth-order valence-corrected chi connectivity index (χ4v) is 1.73. The molecule has 4 N–H and O–H groups in total. The first-order valence-corrected chi connectivity index (χ1v) is 5.96. The molecule has 1 rings (SSSR count). The summed E-state index contributed by atoms with van der Waals surface area (Å²) < 4.78 is 0. The largest absolute Gasteiger partial charge is 0.508 e. The van der Waals surface area contributed by atoms with Gasteiger partial charge in [0.1, 0.15) is 11.5 Å². The molecule has 0 atom stereocenters. The van der Waals surface area contributed by atoms with E-state index >= 15 is 0 Å². The van der Waals surface area contributed by atoms with E-state index in [2.05, 4.69) is 0 Å². The lowest BCUT2D eigenvalue weighted by Gasteiger charge is -2.21. The highest BCUT2D eigenvalue weighted by Gasteiger charge is 2.19. The van der Waals surface area contributed by atoms with Crippen molar-refractivity contribution in [2.45, 2.75) is 13.3 Å². The Kier molecular flexibility index (Phi) is 4.91. The second-order valence-corrected chi connectivity index (χ2v) is 4.42. The lowest BCUT2D eigenvalue weighted by Crippen LogP contribution is -2.38. The van der Waals surface area contributed by atoms with Crippen LogP contribution in [-0.4, -0.2) is 39.1 Å². The van der Waals surface area contributed by atoms with Gasteiger partial charge in [0.15, 0.2) is 0 Å². The van der Waals surface area contributed by atoms with Crippen molar-refractivity contribution in [3.8, 4) is 11.5 Å². The van der Waals surface area contributed by atoms with Gasteiger partial charge in [-0.15, -0.1) is 0 Å². The molecule has 0 heterocycles. The van der Waals surface area contributed by atoms with Crippen molar-refractivity contribution < 1.29 is 15.0 Å². The van der Waals surface area contributed by atoms with Gasteiger partial charge in [0.2, 0.25) is 0 Å². The Morgan fingerprint density at radius 1 is 1.44 bits per heavy atom. The molecule has 0 aliphatic heterocycles. The van der Waals surface area contributed by atoms with E-state index in [9.17, 15) is 15.0 Å². The Balaban J connectivity index is 3.01. The monoisotopic (exact) mass is 268 g/mol. The highest BCUT2D eigenvalue weighted by molar-refractivity contribution is 7.80. The highest BCUT2D eigenvalue weighted by atomic mass is 32.1. The molecular formula is C12H16N2O3S. The lowest BCUT2D eigenvalue weighted by molar-refractivity contribution is 0.0776. The van der Waals surface area contributed by atoms with E-state index < -0.39 is 5.91 Å². The van der Waals surface area contributed by atoms with E-state index in [0.29, 0.717) is 6.54 Å². The van der Waals surface area contributed by atoms with Crippen molar-refractivity contribution in [1.29, 1.82) is 0 Å². The molecule has 0 saturated heterocycles. The van der Waals surface area contributed by atoms with Crippen molar-refractivity contribution in [1.82, 2.24) is 4.90 Å². The van der Waals surface area contributed by atoms with Crippen LogP contribution in [-0.2, 0) is 0 Å². The first-order chi connectivity index (χ1) is 8.45. The number of nitrogens with two attached hydrogens (primary N) is 1. The maximum Gasteiger partial charge on any atom is 0.258 e. The average Bonchev–Trinajstić information content (AvgIpc) is 2.30. The summed E-state index contributed by atoms with van der Waals surface area (Å²) in [5.41, 5.74) is 5.47. The van der Waals surface area contributed by atoms with Crippen molar-refractivity contribution in [2.24, 2.45) is 5.73 Å². The SMILES string of the molecule is CCCN(CC(N)=S)C(=O)c1cc(O)ccc1O. The molecular weight excluding hydrogens is 252 g/mol. The van der Waals surface area contributed by atoms with Gasteiger partial charge in [-0.2, -0.15) is 0 Å². The molecule has 1 aromatic rings. The molecule has 0 bridgehead atoms. The molecule has 1 amide bonds. The summed E-state index contributed by atoms with van der Waals surface area (Å²) in [5, 5.41) is 19.0. The molecule has 0 unspecified atom stereocenters. The number of rotatable bonds is 5. The van der Waals surface area contributed by atoms with Gasteiger partial charge in [-0.1, -0.05) is 19.1 Å². The van der Waals surface area contributed by atoms with Crippen molar-refractivity contribution in [3.63, 3.8) is 0 Å². The predicted molar refractivity (Wildman–Crippen MR) is 72.8 cm³/mol.